The van der Waals surface area contributed by atoms with E-state index in [0.29, 0.717) is 11.4 Å². The zero-order valence-electron chi connectivity index (χ0n) is 14.2. The van der Waals surface area contributed by atoms with Gasteiger partial charge in [0.05, 0.1) is 4.88 Å². The third kappa shape index (κ3) is 6.04. The van der Waals surface area contributed by atoms with Gasteiger partial charge >= 0.3 is 5.97 Å². The molecule has 2 amide bonds. The van der Waals surface area contributed by atoms with Crippen molar-refractivity contribution < 1.29 is 19.1 Å². The fraction of sp³-hybridized carbons (Fsp3) is 0.278. The van der Waals surface area contributed by atoms with Gasteiger partial charge in [-0.3, -0.25) is 14.4 Å². The molecule has 0 aliphatic rings. The summed E-state index contributed by atoms with van der Waals surface area (Å²) >= 11 is 1.28. The zero-order chi connectivity index (χ0) is 18.2. The van der Waals surface area contributed by atoms with Crippen LogP contribution in [0.4, 0.5) is 0 Å². The lowest BCUT2D eigenvalue weighted by Gasteiger charge is -2.17. The molecule has 25 heavy (non-hydrogen) atoms. The summed E-state index contributed by atoms with van der Waals surface area (Å²) in [6.45, 7) is 1.81. The maximum atomic E-state index is 12.0. The van der Waals surface area contributed by atoms with Crippen molar-refractivity contribution in [3.05, 3.63) is 57.8 Å². The minimum atomic E-state index is -0.651. The standard InChI is InChI=1S/C18H20N2O4S/c1-13-5-7-14(8-6-13)11-20(2)16(21)12-24-17(22)10-19-18(23)15-4-3-9-25-15/h3-9H,10-12H2,1-2H3,(H,19,23). The number of hydrogen-bond donors (Lipinski definition) is 1. The number of nitrogens with zero attached hydrogens (tertiary/aromatic N) is 1. The van der Waals surface area contributed by atoms with Crippen molar-refractivity contribution in [1.29, 1.82) is 0 Å². The average molecular weight is 360 g/mol. The molecule has 0 saturated heterocycles. The zero-order valence-corrected chi connectivity index (χ0v) is 15.0. The number of likely N-dealkylation sites (N-methyl/N-ethyl adjacent to an activating group) is 1. The smallest absolute Gasteiger partial charge is 0.325 e. The molecule has 0 spiro atoms. The lowest BCUT2D eigenvalue weighted by atomic mass is 10.1. The van der Waals surface area contributed by atoms with Gasteiger partial charge in [0.25, 0.3) is 11.8 Å². The Balaban J connectivity index is 1.70. The van der Waals surface area contributed by atoms with Gasteiger partial charge in [-0.15, -0.1) is 11.3 Å². The number of ether oxygens (including phenoxy) is 1. The molecule has 0 radical (unpaired) electrons. The van der Waals surface area contributed by atoms with Gasteiger partial charge in [0.15, 0.2) is 6.61 Å². The Kier molecular flexibility index (Phi) is 6.71. The summed E-state index contributed by atoms with van der Waals surface area (Å²) in [5.74, 6) is -1.30. The molecule has 0 unspecified atom stereocenters. The van der Waals surface area contributed by atoms with E-state index in [4.69, 9.17) is 4.74 Å². The number of thiophene rings is 1. The van der Waals surface area contributed by atoms with Gasteiger partial charge in [0.1, 0.15) is 6.54 Å². The molecule has 0 aliphatic carbocycles. The molecule has 1 N–H and O–H groups in total. The molecule has 7 heteroatoms. The van der Waals surface area contributed by atoms with Gasteiger partial charge in [-0.05, 0) is 23.9 Å². The van der Waals surface area contributed by atoms with Crippen LogP contribution in [0.25, 0.3) is 0 Å². The average Bonchev–Trinajstić information content (AvgIpc) is 3.14. The highest BCUT2D eigenvalue weighted by atomic mass is 32.1. The fourth-order valence-corrected chi connectivity index (χ4v) is 2.65. The van der Waals surface area contributed by atoms with Crippen molar-refractivity contribution in [2.45, 2.75) is 13.5 Å². The second-order valence-electron chi connectivity index (χ2n) is 5.56. The third-order valence-electron chi connectivity index (χ3n) is 3.46. The van der Waals surface area contributed by atoms with Gasteiger partial charge in [-0.25, -0.2) is 0 Å². The van der Waals surface area contributed by atoms with E-state index in [0.717, 1.165) is 11.1 Å². The molecule has 0 atom stereocenters. The Labute approximate surface area is 150 Å². The largest absolute Gasteiger partial charge is 0.454 e. The van der Waals surface area contributed by atoms with Crippen LogP contribution in [0.2, 0.25) is 0 Å². The molecule has 0 bridgehead atoms. The molecule has 0 saturated carbocycles. The number of amides is 2. The van der Waals surface area contributed by atoms with Gasteiger partial charge in [-0.2, -0.15) is 0 Å². The van der Waals surface area contributed by atoms with E-state index >= 15 is 0 Å². The Morgan fingerprint density at radius 2 is 1.88 bits per heavy atom. The monoisotopic (exact) mass is 360 g/mol. The van der Waals surface area contributed by atoms with Crippen LogP contribution in [0.1, 0.15) is 20.8 Å². The summed E-state index contributed by atoms with van der Waals surface area (Å²) in [6.07, 6.45) is 0. The highest BCUT2D eigenvalue weighted by Crippen LogP contribution is 2.08. The number of carbonyl (C=O) groups is 3. The maximum Gasteiger partial charge on any atom is 0.325 e. The Morgan fingerprint density at radius 1 is 1.16 bits per heavy atom. The maximum absolute atomic E-state index is 12.0. The number of hydrogen-bond acceptors (Lipinski definition) is 5. The predicted octanol–water partition coefficient (Wildman–Crippen LogP) is 1.99. The van der Waals surface area contributed by atoms with Crippen molar-refractivity contribution in [2.75, 3.05) is 20.2 Å². The Hall–Kier alpha value is -2.67. The molecule has 0 aliphatic heterocycles. The topological polar surface area (TPSA) is 75.7 Å². The van der Waals surface area contributed by atoms with Crippen LogP contribution in [0.3, 0.4) is 0 Å². The second-order valence-corrected chi connectivity index (χ2v) is 6.50. The lowest BCUT2D eigenvalue weighted by molar-refractivity contribution is -0.150. The fourth-order valence-electron chi connectivity index (χ4n) is 2.01. The van der Waals surface area contributed by atoms with Crippen molar-refractivity contribution in [3.8, 4) is 0 Å². The quantitative estimate of drug-likeness (QED) is 0.766. The van der Waals surface area contributed by atoms with E-state index in [2.05, 4.69) is 5.32 Å². The van der Waals surface area contributed by atoms with Crippen LogP contribution < -0.4 is 5.32 Å². The summed E-state index contributed by atoms with van der Waals surface area (Å²) in [7, 11) is 1.65. The van der Waals surface area contributed by atoms with Gasteiger partial charge < -0.3 is 15.0 Å². The highest BCUT2D eigenvalue weighted by molar-refractivity contribution is 7.12. The minimum absolute atomic E-state index is 0.272. The number of aryl methyl sites for hydroxylation is 1. The predicted molar refractivity (Wildman–Crippen MR) is 95.3 cm³/mol. The van der Waals surface area contributed by atoms with E-state index in [1.807, 2.05) is 31.2 Å². The van der Waals surface area contributed by atoms with Crippen LogP contribution >= 0.6 is 11.3 Å². The van der Waals surface area contributed by atoms with E-state index < -0.39 is 5.97 Å². The first kappa shape index (κ1) is 18.7. The molecule has 1 heterocycles. The SMILES string of the molecule is Cc1ccc(CN(C)C(=O)COC(=O)CNC(=O)c2cccs2)cc1. The molecular weight excluding hydrogens is 340 g/mol. The summed E-state index contributed by atoms with van der Waals surface area (Å²) in [5.41, 5.74) is 2.15. The summed E-state index contributed by atoms with van der Waals surface area (Å²) in [5, 5.41) is 4.23. The van der Waals surface area contributed by atoms with Crippen LogP contribution in [0.15, 0.2) is 41.8 Å². The molecule has 6 nitrogen and oxygen atoms in total. The number of nitrogens with one attached hydrogen (secondary N) is 1. The van der Waals surface area contributed by atoms with E-state index in [1.54, 1.807) is 24.6 Å². The lowest BCUT2D eigenvalue weighted by Crippen LogP contribution is -2.34. The van der Waals surface area contributed by atoms with Crippen LogP contribution in [0.5, 0.6) is 0 Å². The normalized spacial score (nSPS) is 10.2. The van der Waals surface area contributed by atoms with E-state index in [1.165, 1.54) is 16.2 Å². The summed E-state index contributed by atoms with van der Waals surface area (Å²) in [6, 6.07) is 11.3. The molecule has 132 valence electrons. The van der Waals surface area contributed by atoms with Crippen LogP contribution in [-0.2, 0) is 20.9 Å². The van der Waals surface area contributed by atoms with Crippen molar-refractivity contribution in [2.24, 2.45) is 0 Å². The minimum Gasteiger partial charge on any atom is -0.454 e. The molecule has 1 aromatic carbocycles. The molecule has 2 aromatic rings. The first-order valence-corrected chi connectivity index (χ1v) is 8.60. The highest BCUT2D eigenvalue weighted by Gasteiger charge is 2.14. The number of rotatable bonds is 7. The van der Waals surface area contributed by atoms with E-state index in [-0.39, 0.29) is 25.0 Å². The third-order valence-corrected chi connectivity index (χ3v) is 4.33. The van der Waals surface area contributed by atoms with Crippen molar-refractivity contribution in [1.82, 2.24) is 10.2 Å². The molecular formula is C18H20N2O4S. The molecule has 2 rings (SSSR count). The number of carbonyl (C=O) groups excluding carboxylic acids is 3. The van der Waals surface area contributed by atoms with E-state index in [9.17, 15) is 14.4 Å². The summed E-state index contributed by atoms with van der Waals surface area (Å²) < 4.78 is 4.91. The molecule has 1 aromatic heterocycles. The van der Waals surface area contributed by atoms with Crippen LogP contribution in [0, 0.1) is 6.92 Å². The Morgan fingerprint density at radius 3 is 2.52 bits per heavy atom. The van der Waals surface area contributed by atoms with Crippen molar-refractivity contribution in [3.63, 3.8) is 0 Å². The van der Waals surface area contributed by atoms with Gasteiger partial charge in [0.2, 0.25) is 0 Å². The number of esters is 1. The Bertz CT molecular complexity index is 726. The number of benzene rings is 1. The molecule has 0 fully saturated rings. The summed E-state index contributed by atoms with van der Waals surface area (Å²) in [4.78, 5) is 37.3. The second kappa shape index (κ2) is 8.98. The first-order valence-electron chi connectivity index (χ1n) is 7.72. The first-order chi connectivity index (χ1) is 12.0. The van der Waals surface area contributed by atoms with Gasteiger partial charge in [-0.1, -0.05) is 35.9 Å². The van der Waals surface area contributed by atoms with Crippen molar-refractivity contribution >= 4 is 29.1 Å². The van der Waals surface area contributed by atoms with Crippen LogP contribution in [-0.4, -0.2) is 42.9 Å². The van der Waals surface area contributed by atoms with Gasteiger partial charge in [0, 0.05) is 13.6 Å².